The third-order valence-corrected chi connectivity index (χ3v) is 16.8. The summed E-state index contributed by atoms with van der Waals surface area (Å²) in [5, 5.41) is 0. The summed E-state index contributed by atoms with van der Waals surface area (Å²) in [6.45, 7) is 7.02. The van der Waals surface area contributed by atoms with Crippen LogP contribution >= 0.6 is 0 Å². The summed E-state index contributed by atoms with van der Waals surface area (Å²) in [6, 6.07) is 0. The van der Waals surface area contributed by atoms with Crippen molar-refractivity contribution in [3.05, 3.63) is 0 Å². The molecule has 0 fully saturated rings. The minimum atomic E-state index is -1.56. The Morgan fingerprint density at radius 3 is 1.14 bits per heavy atom. The van der Waals surface area contributed by atoms with Crippen molar-refractivity contribution in [1.29, 1.82) is 0 Å². The predicted octanol–water partition coefficient (Wildman–Crippen LogP) is 5.47. The maximum absolute atomic E-state index is 2.72. The molecule has 0 N–H and O–H groups in total. The molecule has 0 heterocycles. The molecule has 0 aromatic carbocycles. The van der Waals surface area contributed by atoms with Crippen LogP contribution < -0.4 is 0 Å². The second kappa shape index (κ2) is 9.06. The van der Waals surface area contributed by atoms with Crippen LogP contribution in [0.5, 0.6) is 0 Å². The normalized spacial score (nSPS) is 12.0. The predicted molar refractivity (Wildman–Crippen MR) is 70.8 cm³/mol. The number of hydrogen-bond donors (Lipinski definition) is 0. The summed E-state index contributed by atoms with van der Waals surface area (Å²) in [6.07, 6.45) is 8.76. The third kappa shape index (κ3) is 7.14. The number of rotatable bonds is 9. The number of unbranched alkanes of at least 4 members (excludes halogenated alkanes) is 3. The van der Waals surface area contributed by atoms with Crippen molar-refractivity contribution in [2.24, 2.45) is 0 Å². The first-order chi connectivity index (χ1) is 6.68. The Labute approximate surface area is 95.7 Å². The summed E-state index contributed by atoms with van der Waals surface area (Å²) in [5.74, 6) is 0. The Morgan fingerprint density at radius 2 is 0.929 bits per heavy atom. The van der Waals surface area contributed by atoms with Gasteiger partial charge < -0.3 is 0 Å². The van der Waals surface area contributed by atoms with Crippen LogP contribution in [0.1, 0.15) is 59.3 Å². The van der Waals surface area contributed by atoms with Gasteiger partial charge in [-0.2, -0.15) is 0 Å². The van der Waals surface area contributed by atoms with E-state index in [-0.39, 0.29) is 0 Å². The molecular weight excluding hydrogens is 275 g/mol. The molecule has 0 atom stereocenters. The monoisotopic (exact) mass is 306 g/mol. The molecule has 0 amide bonds. The first-order valence-electron chi connectivity index (χ1n) is 6.68. The molecule has 0 aromatic heterocycles. The molecule has 0 spiro atoms. The van der Waals surface area contributed by atoms with E-state index in [0.717, 1.165) is 0 Å². The Morgan fingerprint density at radius 1 is 0.643 bits per heavy atom. The second-order valence-electron chi connectivity index (χ2n) is 5.12. The molecule has 0 aliphatic rings. The van der Waals surface area contributed by atoms with E-state index in [1.807, 2.05) is 0 Å². The van der Waals surface area contributed by atoms with Gasteiger partial charge >= 0.3 is 95.9 Å². The standard InChI is InChI=1S/3C4H9.CH3.Sn/c3*1-3-4-2;;/h3*1,3-4H2,2H3;1H3;. The van der Waals surface area contributed by atoms with Crippen LogP contribution in [0.2, 0.25) is 18.2 Å². The fourth-order valence-electron chi connectivity index (χ4n) is 2.19. The van der Waals surface area contributed by atoms with Crippen LogP contribution in [0.4, 0.5) is 0 Å². The Hall–Kier alpha value is 0.799. The quantitative estimate of drug-likeness (QED) is 0.496. The van der Waals surface area contributed by atoms with Crippen LogP contribution in [-0.4, -0.2) is 18.4 Å². The van der Waals surface area contributed by atoms with E-state index in [9.17, 15) is 0 Å². The van der Waals surface area contributed by atoms with Gasteiger partial charge in [-0.15, -0.1) is 0 Å². The van der Waals surface area contributed by atoms with Crippen LogP contribution in [0.15, 0.2) is 0 Å². The summed E-state index contributed by atoms with van der Waals surface area (Å²) >= 11 is -1.56. The minimum absolute atomic E-state index is 1.41. The van der Waals surface area contributed by atoms with Gasteiger partial charge in [0.2, 0.25) is 0 Å². The van der Waals surface area contributed by atoms with Crippen molar-refractivity contribution in [2.45, 2.75) is 77.5 Å². The second-order valence-corrected chi connectivity index (χ2v) is 19.7. The fraction of sp³-hybridized carbons (Fsp3) is 1.00. The van der Waals surface area contributed by atoms with E-state index < -0.39 is 18.4 Å². The van der Waals surface area contributed by atoms with E-state index >= 15 is 0 Å². The Kier molecular flexibility index (Phi) is 9.57. The van der Waals surface area contributed by atoms with Crippen molar-refractivity contribution in [3.8, 4) is 0 Å². The summed E-state index contributed by atoms with van der Waals surface area (Å²) in [7, 11) is 0. The summed E-state index contributed by atoms with van der Waals surface area (Å²) < 4.78 is 4.97. The molecule has 0 aliphatic heterocycles. The fourth-order valence-corrected chi connectivity index (χ4v) is 14.7. The van der Waals surface area contributed by atoms with Crippen molar-refractivity contribution >= 4 is 18.4 Å². The van der Waals surface area contributed by atoms with Crippen molar-refractivity contribution < 1.29 is 0 Å². The zero-order chi connectivity index (χ0) is 10.9. The van der Waals surface area contributed by atoms with Crippen molar-refractivity contribution in [1.82, 2.24) is 0 Å². The SMILES string of the molecule is CCC[CH2][Sn]([CH3])([CH2]CCC)[CH2]CCC. The summed E-state index contributed by atoms with van der Waals surface area (Å²) in [5.41, 5.74) is 0. The third-order valence-electron chi connectivity index (χ3n) is 3.40. The molecular formula is C13H30Sn. The first kappa shape index (κ1) is 14.8. The van der Waals surface area contributed by atoms with Gasteiger partial charge in [-0.3, -0.25) is 0 Å². The first-order valence-corrected chi connectivity index (χ1v) is 15.6. The van der Waals surface area contributed by atoms with Gasteiger partial charge in [-0.1, -0.05) is 0 Å². The van der Waals surface area contributed by atoms with Crippen molar-refractivity contribution in [2.75, 3.05) is 0 Å². The van der Waals surface area contributed by atoms with Gasteiger partial charge in [0, 0.05) is 0 Å². The molecule has 0 saturated carbocycles. The van der Waals surface area contributed by atoms with Gasteiger partial charge in [0.05, 0.1) is 0 Å². The number of hydrogen-bond acceptors (Lipinski definition) is 0. The molecule has 0 nitrogen and oxygen atoms in total. The van der Waals surface area contributed by atoms with E-state index in [1.54, 1.807) is 13.3 Å². The summed E-state index contributed by atoms with van der Waals surface area (Å²) in [4.78, 5) is 2.72. The molecule has 0 bridgehead atoms. The maximum atomic E-state index is 2.72. The Balaban J connectivity index is 3.89. The average molecular weight is 305 g/mol. The average Bonchev–Trinajstić information content (AvgIpc) is 2.21. The zero-order valence-corrected chi connectivity index (χ0v) is 13.7. The van der Waals surface area contributed by atoms with Crippen LogP contribution in [0.3, 0.4) is 0 Å². The molecule has 0 aromatic rings. The van der Waals surface area contributed by atoms with Gasteiger partial charge in [-0.25, -0.2) is 0 Å². The molecule has 14 heavy (non-hydrogen) atoms. The van der Waals surface area contributed by atoms with E-state index in [2.05, 4.69) is 25.7 Å². The zero-order valence-electron chi connectivity index (χ0n) is 10.9. The Bertz CT molecular complexity index is 98.6. The molecule has 86 valence electrons. The van der Waals surface area contributed by atoms with Crippen LogP contribution in [-0.2, 0) is 0 Å². The molecule has 0 rings (SSSR count). The van der Waals surface area contributed by atoms with E-state index in [4.69, 9.17) is 0 Å². The van der Waals surface area contributed by atoms with Gasteiger partial charge in [0.15, 0.2) is 0 Å². The molecule has 1 heteroatoms. The van der Waals surface area contributed by atoms with Gasteiger partial charge in [-0.05, 0) is 0 Å². The van der Waals surface area contributed by atoms with Gasteiger partial charge in [0.25, 0.3) is 0 Å². The van der Waals surface area contributed by atoms with E-state index in [0.29, 0.717) is 0 Å². The molecule has 0 unspecified atom stereocenters. The van der Waals surface area contributed by atoms with Crippen molar-refractivity contribution in [3.63, 3.8) is 0 Å². The topological polar surface area (TPSA) is 0 Å². The van der Waals surface area contributed by atoms with Crippen LogP contribution in [0.25, 0.3) is 0 Å². The van der Waals surface area contributed by atoms with Gasteiger partial charge in [0.1, 0.15) is 0 Å². The van der Waals surface area contributed by atoms with Crippen LogP contribution in [0, 0.1) is 0 Å². The molecule has 0 radical (unpaired) electrons. The molecule has 0 saturated heterocycles. The van der Waals surface area contributed by atoms with E-state index in [1.165, 1.54) is 38.5 Å². The molecule has 0 aliphatic carbocycles.